The Labute approximate surface area is 145 Å². The maximum Gasteiger partial charge on any atom is 0.216 e. The highest BCUT2D eigenvalue weighted by atomic mass is 32.2. The van der Waals surface area contributed by atoms with Gasteiger partial charge >= 0.3 is 0 Å². The second-order valence-corrected chi connectivity index (χ2v) is 6.87. The lowest BCUT2D eigenvalue weighted by atomic mass is 10.0. The molecule has 0 aliphatic rings. The second kappa shape index (κ2) is 8.64. The third-order valence-electron chi connectivity index (χ3n) is 3.54. The Hall–Kier alpha value is -2.14. The Morgan fingerprint density at radius 2 is 1.79 bits per heavy atom. The zero-order valence-corrected chi connectivity index (χ0v) is 14.5. The van der Waals surface area contributed by atoms with Crippen LogP contribution < -0.4 is 5.32 Å². The van der Waals surface area contributed by atoms with Crippen LogP contribution in [0.2, 0.25) is 0 Å². The molecule has 0 saturated carbocycles. The molecule has 1 unspecified atom stereocenters. The van der Waals surface area contributed by atoms with Crippen LogP contribution in [0, 0.1) is 5.82 Å². The van der Waals surface area contributed by atoms with Gasteiger partial charge in [0.05, 0.1) is 5.25 Å². The van der Waals surface area contributed by atoms with E-state index in [9.17, 15) is 14.0 Å². The van der Waals surface area contributed by atoms with E-state index in [1.807, 2.05) is 12.1 Å². The molecule has 1 amide bonds. The molecule has 0 aliphatic carbocycles. The van der Waals surface area contributed by atoms with Crippen LogP contribution in [0.5, 0.6) is 0 Å². The quantitative estimate of drug-likeness (QED) is 0.612. The fraction of sp³-hybridized carbons (Fsp3) is 0.263. The number of amides is 1. The van der Waals surface area contributed by atoms with Crippen LogP contribution in [-0.2, 0) is 11.2 Å². The molecule has 0 saturated heterocycles. The van der Waals surface area contributed by atoms with E-state index in [0.29, 0.717) is 23.4 Å². The van der Waals surface area contributed by atoms with Gasteiger partial charge in [-0.25, -0.2) is 4.39 Å². The smallest absolute Gasteiger partial charge is 0.216 e. The van der Waals surface area contributed by atoms with Gasteiger partial charge in [0.2, 0.25) is 5.91 Å². The Balaban J connectivity index is 1.96. The lowest BCUT2D eigenvalue weighted by Crippen LogP contribution is -2.22. The molecule has 0 fully saturated rings. The number of ketones is 1. The average Bonchev–Trinajstić information content (AvgIpc) is 2.56. The van der Waals surface area contributed by atoms with Crippen LogP contribution in [-0.4, -0.2) is 23.5 Å². The molecule has 2 aromatic rings. The summed E-state index contributed by atoms with van der Waals surface area (Å²) < 4.78 is 13.7. The molecule has 3 nitrogen and oxygen atoms in total. The van der Waals surface area contributed by atoms with Gasteiger partial charge in [0.1, 0.15) is 5.82 Å². The third-order valence-corrected chi connectivity index (χ3v) is 4.69. The Morgan fingerprint density at radius 1 is 1.12 bits per heavy atom. The van der Waals surface area contributed by atoms with Gasteiger partial charge in [-0.1, -0.05) is 36.4 Å². The lowest BCUT2D eigenvalue weighted by Gasteiger charge is -2.11. The molecule has 0 spiro atoms. The van der Waals surface area contributed by atoms with Gasteiger partial charge in [-0.15, -0.1) is 11.8 Å². The number of halogens is 1. The molecular weight excluding hydrogens is 325 g/mol. The number of carbonyl (C=O) groups excluding carboxylic acids is 2. The first kappa shape index (κ1) is 18.2. The maximum absolute atomic E-state index is 13.7. The minimum atomic E-state index is -0.368. The van der Waals surface area contributed by atoms with E-state index in [0.717, 1.165) is 5.56 Å². The van der Waals surface area contributed by atoms with Gasteiger partial charge in [-0.2, -0.15) is 0 Å². The molecule has 2 rings (SSSR count). The van der Waals surface area contributed by atoms with Crippen molar-refractivity contribution in [2.75, 3.05) is 6.54 Å². The number of hydrogen-bond acceptors (Lipinski definition) is 3. The molecule has 24 heavy (non-hydrogen) atoms. The summed E-state index contributed by atoms with van der Waals surface area (Å²) in [4.78, 5) is 23.8. The minimum absolute atomic E-state index is 0.0309. The number of thioether (sulfide) groups is 1. The van der Waals surface area contributed by atoms with Crippen molar-refractivity contribution in [3.63, 3.8) is 0 Å². The minimum Gasteiger partial charge on any atom is -0.356 e. The van der Waals surface area contributed by atoms with Crippen LogP contribution in [0.3, 0.4) is 0 Å². The summed E-state index contributed by atoms with van der Waals surface area (Å²) in [6.07, 6.45) is 0.716. The van der Waals surface area contributed by atoms with Crippen LogP contribution in [0.1, 0.15) is 29.8 Å². The zero-order valence-electron chi connectivity index (χ0n) is 13.7. The number of benzene rings is 2. The first-order valence-corrected chi connectivity index (χ1v) is 8.64. The van der Waals surface area contributed by atoms with Crippen molar-refractivity contribution in [2.45, 2.75) is 30.4 Å². The van der Waals surface area contributed by atoms with Crippen molar-refractivity contribution in [3.8, 4) is 0 Å². The van der Waals surface area contributed by atoms with Gasteiger partial charge in [0, 0.05) is 23.9 Å². The molecule has 126 valence electrons. The van der Waals surface area contributed by atoms with Crippen molar-refractivity contribution in [2.24, 2.45) is 0 Å². The van der Waals surface area contributed by atoms with E-state index in [-0.39, 0.29) is 22.8 Å². The largest absolute Gasteiger partial charge is 0.356 e. The summed E-state index contributed by atoms with van der Waals surface area (Å²) in [6.45, 7) is 3.84. The van der Waals surface area contributed by atoms with Crippen molar-refractivity contribution in [3.05, 3.63) is 65.5 Å². The summed E-state index contributed by atoms with van der Waals surface area (Å²) in [5, 5.41) is 2.37. The number of nitrogens with one attached hydrogen (secondary N) is 1. The molecule has 0 aliphatic heterocycles. The lowest BCUT2D eigenvalue weighted by molar-refractivity contribution is -0.118. The normalized spacial score (nSPS) is 11.8. The van der Waals surface area contributed by atoms with Gasteiger partial charge in [0.15, 0.2) is 5.78 Å². The topological polar surface area (TPSA) is 46.2 Å². The highest BCUT2D eigenvalue weighted by molar-refractivity contribution is 8.00. The van der Waals surface area contributed by atoms with Gasteiger partial charge in [-0.05, 0) is 31.0 Å². The monoisotopic (exact) mass is 345 g/mol. The van der Waals surface area contributed by atoms with Crippen molar-refractivity contribution >= 4 is 23.5 Å². The number of carbonyl (C=O) groups is 2. The summed E-state index contributed by atoms with van der Waals surface area (Å²) in [6, 6.07) is 13.8. The highest BCUT2D eigenvalue weighted by Crippen LogP contribution is 2.27. The molecule has 0 aromatic heterocycles. The number of rotatable bonds is 7. The van der Waals surface area contributed by atoms with Crippen molar-refractivity contribution in [1.29, 1.82) is 0 Å². The zero-order chi connectivity index (χ0) is 17.5. The molecular formula is C19H20FNO2S. The SMILES string of the molecule is CC(=O)NCCc1ccc(C(=O)C(C)Sc2ccccc2F)cc1. The van der Waals surface area contributed by atoms with E-state index in [1.54, 1.807) is 37.3 Å². The van der Waals surface area contributed by atoms with Crippen molar-refractivity contribution < 1.29 is 14.0 Å². The third kappa shape index (κ3) is 5.20. The second-order valence-electron chi connectivity index (χ2n) is 5.48. The molecule has 2 aromatic carbocycles. The molecule has 0 heterocycles. The molecule has 1 atom stereocenters. The fourth-order valence-electron chi connectivity index (χ4n) is 2.24. The van der Waals surface area contributed by atoms with E-state index >= 15 is 0 Å². The fourth-order valence-corrected chi connectivity index (χ4v) is 3.20. The van der Waals surface area contributed by atoms with E-state index in [1.165, 1.54) is 24.8 Å². The van der Waals surface area contributed by atoms with Crippen molar-refractivity contribution in [1.82, 2.24) is 5.32 Å². The first-order valence-electron chi connectivity index (χ1n) is 7.76. The molecule has 0 bridgehead atoms. The van der Waals surface area contributed by atoms with E-state index in [2.05, 4.69) is 5.32 Å². The van der Waals surface area contributed by atoms with Gasteiger partial charge in [-0.3, -0.25) is 9.59 Å². The van der Waals surface area contributed by atoms with E-state index < -0.39 is 0 Å². The molecule has 5 heteroatoms. The summed E-state index contributed by atoms with van der Waals surface area (Å²) in [7, 11) is 0. The van der Waals surface area contributed by atoms with Crippen LogP contribution in [0.4, 0.5) is 4.39 Å². The van der Waals surface area contributed by atoms with Crippen LogP contribution in [0.15, 0.2) is 53.4 Å². The van der Waals surface area contributed by atoms with Gasteiger partial charge in [0.25, 0.3) is 0 Å². The standard InChI is InChI=1S/C19H20FNO2S/c1-13(24-18-6-4-3-5-17(18)20)19(23)16-9-7-15(8-10-16)11-12-21-14(2)22/h3-10,13H,11-12H2,1-2H3,(H,21,22). The number of hydrogen-bond donors (Lipinski definition) is 1. The Morgan fingerprint density at radius 3 is 2.42 bits per heavy atom. The van der Waals surface area contributed by atoms with Crippen LogP contribution in [0.25, 0.3) is 0 Å². The maximum atomic E-state index is 13.7. The Kier molecular flexibility index (Phi) is 6.55. The summed E-state index contributed by atoms with van der Waals surface area (Å²) in [5.41, 5.74) is 1.66. The predicted octanol–water partition coefficient (Wildman–Crippen LogP) is 3.87. The Bertz CT molecular complexity index is 716. The first-order chi connectivity index (χ1) is 11.5. The molecule has 1 N–H and O–H groups in total. The summed E-state index contributed by atoms with van der Waals surface area (Å²) >= 11 is 1.22. The predicted molar refractivity (Wildman–Crippen MR) is 94.9 cm³/mol. The van der Waals surface area contributed by atoms with Crippen LogP contribution >= 0.6 is 11.8 Å². The summed E-state index contributed by atoms with van der Waals surface area (Å²) in [5.74, 6) is -0.395. The highest BCUT2D eigenvalue weighted by Gasteiger charge is 2.17. The van der Waals surface area contributed by atoms with Gasteiger partial charge < -0.3 is 5.32 Å². The molecule has 0 radical (unpaired) electrons. The van der Waals surface area contributed by atoms with E-state index in [4.69, 9.17) is 0 Å². The average molecular weight is 345 g/mol. The number of Topliss-reactive ketones (excluding diaryl/α,β-unsaturated/α-hetero) is 1.